The molecule has 0 heterocycles. The van der Waals surface area contributed by atoms with Crippen LogP contribution in [0.25, 0.3) is 0 Å². The highest BCUT2D eigenvalue weighted by Gasteiger charge is 2.33. The second-order valence-electron chi connectivity index (χ2n) is 5.20. The minimum Gasteiger partial charge on any atom is -0.481 e. The highest BCUT2D eigenvalue weighted by Crippen LogP contribution is 2.39. The van der Waals surface area contributed by atoms with Gasteiger partial charge in [0.2, 0.25) is 0 Å². The fourth-order valence-electron chi connectivity index (χ4n) is 3.01. The minimum atomic E-state index is -0.973. The van der Waals surface area contributed by atoms with Crippen LogP contribution in [0.2, 0.25) is 5.02 Å². The second kappa shape index (κ2) is 6.38. The lowest BCUT2D eigenvalue weighted by atomic mass is 9.81. The van der Waals surface area contributed by atoms with Gasteiger partial charge < -0.3 is 5.11 Å². The van der Waals surface area contributed by atoms with Crippen molar-refractivity contribution < 1.29 is 14.3 Å². The molecule has 2 nitrogen and oxygen atoms in total. The van der Waals surface area contributed by atoms with Gasteiger partial charge >= 0.3 is 5.97 Å². The number of carbonyl (C=O) groups is 1. The van der Waals surface area contributed by atoms with Crippen molar-refractivity contribution in [3.63, 3.8) is 0 Å². The van der Waals surface area contributed by atoms with Crippen molar-refractivity contribution in [2.45, 2.75) is 44.4 Å². The van der Waals surface area contributed by atoms with Crippen LogP contribution in [0.3, 0.4) is 0 Å². The summed E-state index contributed by atoms with van der Waals surface area (Å²) in [5, 5.41) is 9.71. The molecule has 1 aliphatic carbocycles. The van der Waals surface area contributed by atoms with E-state index in [-0.39, 0.29) is 16.5 Å². The molecular formula is C15H18ClFO2. The van der Waals surface area contributed by atoms with E-state index in [2.05, 4.69) is 0 Å². The molecule has 0 bridgehead atoms. The number of carboxylic acids is 1. The van der Waals surface area contributed by atoms with Crippen molar-refractivity contribution in [1.29, 1.82) is 0 Å². The molecule has 1 fully saturated rings. The van der Waals surface area contributed by atoms with Crippen LogP contribution in [0.1, 0.15) is 50.0 Å². The Morgan fingerprint density at radius 2 is 1.89 bits per heavy atom. The van der Waals surface area contributed by atoms with Crippen molar-refractivity contribution in [1.82, 2.24) is 0 Å². The lowest BCUT2D eigenvalue weighted by molar-refractivity contribution is -0.140. The molecule has 19 heavy (non-hydrogen) atoms. The maximum absolute atomic E-state index is 14.0. The van der Waals surface area contributed by atoms with Gasteiger partial charge in [-0.3, -0.25) is 4.79 Å². The molecule has 0 amide bonds. The highest BCUT2D eigenvalue weighted by molar-refractivity contribution is 6.31. The Kier molecular flexibility index (Phi) is 4.81. The van der Waals surface area contributed by atoms with Crippen LogP contribution in [0.5, 0.6) is 0 Å². The molecule has 1 aromatic carbocycles. The van der Waals surface area contributed by atoms with Gasteiger partial charge in [0.25, 0.3) is 0 Å². The van der Waals surface area contributed by atoms with Gasteiger partial charge in [-0.1, -0.05) is 43.4 Å². The average molecular weight is 285 g/mol. The third kappa shape index (κ3) is 3.27. The second-order valence-corrected chi connectivity index (χ2v) is 5.61. The standard InChI is InChI=1S/C15H18ClFO2/c16-11-8-5-9-12(17)14(11)13(15(18)19)10-6-3-1-2-4-7-10/h5,8-10,13H,1-4,6-7H2,(H,18,19). The summed E-state index contributed by atoms with van der Waals surface area (Å²) in [7, 11) is 0. The third-order valence-electron chi connectivity index (χ3n) is 3.95. The Balaban J connectivity index is 2.36. The van der Waals surface area contributed by atoms with E-state index < -0.39 is 17.7 Å². The number of halogens is 2. The number of aliphatic carboxylic acids is 1. The quantitative estimate of drug-likeness (QED) is 0.823. The summed E-state index contributed by atoms with van der Waals surface area (Å²) >= 11 is 6.03. The largest absolute Gasteiger partial charge is 0.481 e. The van der Waals surface area contributed by atoms with Crippen molar-refractivity contribution in [2.24, 2.45) is 5.92 Å². The van der Waals surface area contributed by atoms with Crippen molar-refractivity contribution >= 4 is 17.6 Å². The predicted octanol–water partition coefficient (Wildman–Crippen LogP) is 4.62. The van der Waals surface area contributed by atoms with E-state index in [1.807, 2.05) is 0 Å². The van der Waals surface area contributed by atoms with Crippen LogP contribution in [0.4, 0.5) is 4.39 Å². The number of benzene rings is 1. The number of hydrogen-bond acceptors (Lipinski definition) is 1. The molecule has 1 unspecified atom stereocenters. The van der Waals surface area contributed by atoms with Crippen LogP contribution in [-0.4, -0.2) is 11.1 Å². The molecule has 1 atom stereocenters. The van der Waals surface area contributed by atoms with Crippen molar-refractivity contribution in [2.75, 3.05) is 0 Å². The Morgan fingerprint density at radius 1 is 1.26 bits per heavy atom. The molecule has 0 saturated heterocycles. The summed E-state index contributed by atoms with van der Waals surface area (Å²) in [4.78, 5) is 11.6. The normalized spacial score (nSPS) is 18.8. The molecule has 0 aromatic heterocycles. The zero-order valence-electron chi connectivity index (χ0n) is 10.7. The fourth-order valence-corrected chi connectivity index (χ4v) is 3.29. The molecule has 0 aliphatic heterocycles. The summed E-state index contributed by atoms with van der Waals surface area (Å²) in [5.74, 6) is -2.33. The fraction of sp³-hybridized carbons (Fsp3) is 0.533. The van der Waals surface area contributed by atoms with Gasteiger partial charge in [0.15, 0.2) is 0 Å². The van der Waals surface area contributed by atoms with Gasteiger partial charge in [-0.15, -0.1) is 0 Å². The summed E-state index contributed by atoms with van der Waals surface area (Å²) in [6.07, 6.45) is 5.96. The van der Waals surface area contributed by atoms with E-state index in [9.17, 15) is 14.3 Å². The Bertz CT molecular complexity index is 433. The van der Waals surface area contributed by atoms with Crippen molar-refractivity contribution in [3.8, 4) is 0 Å². The van der Waals surface area contributed by atoms with Crippen LogP contribution in [0, 0.1) is 11.7 Å². The molecule has 1 saturated carbocycles. The van der Waals surface area contributed by atoms with E-state index in [1.165, 1.54) is 12.1 Å². The van der Waals surface area contributed by atoms with E-state index in [0.717, 1.165) is 38.5 Å². The molecule has 0 spiro atoms. The molecule has 2 rings (SSSR count). The van der Waals surface area contributed by atoms with Gasteiger partial charge in [-0.05, 0) is 30.9 Å². The summed E-state index contributed by atoms with van der Waals surface area (Å²) < 4.78 is 14.0. The predicted molar refractivity (Wildman–Crippen MR) is 73.0 cm³/mol. The van der Waals surface area contributed by atoms with Gasteiger partial charge in [-0.25, -0.2) is 4.39 Å². The lowest BCUT2D eigenvalue weighted by Gasteiger charge is -2.24. The first kappa shape index (κ1) is 14.3. The third-order valence-corrected chi connectivity index (χ3v) is 4.28. The minimum absolute atomic E-state index is 0.0191. The first-order chi connectivity index (χ1) is 9.11. The first-order valence-corrected chi connectivity index (χ1v) is 7.15. The zero-order chi connectivity index (χ0) is 13.8. The van der Waals surface area contributed by atoms with E-state index in [4.69, 9.17) is 11.6 Å². The van der Waals surface area contributed by atoms with E-state index in [1.54, 1.807) is 6.07 Å². The monoisotopic (exact) mass is 284 g/mol. The molecule has 1 aliphatic rings. The Morgan fingerprint density at radius 3 is 2.42 bits per heavy atom. The van der Waals surface area contributed by atoms with Crippen LogP contribution >= 0.6 is 11.6 Å². The van der Waals surface area contributed by atoms with Gasteiger partial charge in [-0.2, -0.15) is 0 Å². The zero-order valence-corrected chi connectivity index (χ0v) is 11.5. The van der Waals surface area contributed by atoms with Gasteiger partial charge in [0.1, 0.15) is 5.82 Å². The molecule has 4 heteroatoms. The summed E-state index contributed by atoms with van der Waals surface area (Å²) in [5.41, 5.74) is 0.156. The molecule has 1 aromatic rings. The van der Waals surface area contributed by atoms with E-state index in [0.29, 0.717) is 0 Å². The molecule has 0 radical (unpaired) electrons. The first-order valence-electron chi connectivity index (χ1n) is 6.78. The number of hydrogen-bond donors (Lipinski definition) is 1. The molecule has 104 valence electrons. The highest BCUT2D eigenvalue weighted by atomic mass is 35.5. The van der Waals surface area contributed by atoms with E-state index >= 15 is 0 Å². The summed E-state index contributed by atoms with van der Waals surface area (Å²) in [6.45, 7) is 0. The Labute approximate surface area is 117 Å². The molecule has 1 N–H and O–H groups in total. The Hall–Kier alpha value is -1.09. The summed E-state index contributed by atoms with van der Waals surface area (Å²) in [6, 6.07) is 4.35. The number of carboxylic acid groups (broad SMARTS) is 1. The smallest absolute Gasteiger partial charge is 0.311 e. The number of rotatable bonds is 3. The van der Waals surface area contributed by atoms with Gasteiger partial charge in [0.05, 0.1) is 5.92 Å². The molecular weight excluding hydrogens is 267 g/mol. The maximum atomic E-state index is 14.0. The van der Waals surface area contributed by atoms with Crippen LogP contribution in [0.15, 0.2) is 18.2 Å². The van der Waals surface area contributed by atoms with Crippen LogP contribution in [-0.2, 0) is 4.79 Å². The SMILES string of the molecule is O=C(O)C(c1c(F)cccc1Cl)C1CCCCCC1. The van der Waals surface area contributed by atoms with Gasteiger partial charge in [0, 0.05) is 10.6 Å². The maximum Gasteiger partial charge on any atom is 0.311 e. The topological polar surface area (TPSA) is 37.3 Å². The van der Waals surface area contributed by atoms with Crippen molar-refractivity contribution in [3.05, 3.63) is 34.6 Å². The lowest BCUT2D eigenvalue weighted by Crippen LogP contribution is -2.23. The van der Waals surface area contributed by atoms with Crippen LogP contribution < -0.4 is 0 Å². The average Bonchev–Trinajstić information content (AvgIpc) is 2.62.